The van der Waals surface area contributed by atoms with Crippen molar-refractivity contribution in [3.8, 4) is 11.3 Å². The second kappa shape index (κ2) is 8.73. The molecule has 2 aromatic carbocycles. The molecule has 30 heavy (non-hydrogen) atoms. The topological polar surface area (TPSA) is 84.4 Å². The molecule has 0 aliphatic carbocycles. The molecule has 7 heteroatoms. The van der Waals surface area contributed by atoms with Crippen LogP contribution in [0.4, 0.5) is 11.5 Å². The van der Waals surface area contributed by atoms with Crippen LogP contribution >= 0.6 is 0 Å². The Hall–Kier alpha value is -3.74. The zero-order valence-corrected chi connectivity index (χ0v) is 16.6. The number of rotatable bonds is 6. The molecule has 0 saturated carbocycles. The number of ether oxygens (including phenoxy) is 1. The second-order valence-electron chi connectivity index (χ2n) is 6.98. The minimum Gasteiger partial charge on any atom is -0.462 e. The Morgan fingerprint density at radius 2 is 1.80 bits per heavy atom. The number of carbonyl (C=O) groups is 2. The predicted octanol–water partition coefficient (Wildman–Crippen LogP) is 3.40. The van der Waals surface area contributed by atoms with Crippen molar-refractivity contribution in [2.75, 3.05) is 29.9 Å². The van der Waals surface area contributed by atoms with E-state index in [9.17, 15) is 9.59 Å². The van der Waals surface area contributed by atoms with Gasteiger partial charge in [0.25, 0.3) is 0 Å². The number of benzene rings is 2. The fourth-order valence-electron chi connectivity index (χ4n) is 3.33. The van der Waals surface area contributed by atoms with Gasteiger partial charge in [-0.2, -0.15) is 0 Å². The fraction of sp³-hybridized carbons (Fsp3) is 0.217. The van der Waals surface area contributed by atoms with Gasteiger partial charge in [-0.1, -0.05) is 42.5 Å². The van der Waals surface area contributed by atoms with Gasteiger partial charge in [0.05, 0.1) is 29.5 Å². The van der Waals surface area contributed by atoms with Crippen molar-refractivity contribution >= 4 is 23.4 Å². The summed E-state index contributed by atoms with van der Waals surface area (Å²) in [4.78, 5) is 35.5. The van der Waals surface area contributed by atoms with Gasteiger partial charge in [-0.05, 0) is 19.1 Å². The maximum atomic E-state index is 12.7. The molecule has 0 atom stereocenters. The number of anilines is 2. The highest BCUT2D eigenvalue weighted by Crippen LogP contribution is 2.27. The smallest absolute Gasteiger partial charge is 0.340 e. The molecule has 1 aliphatic rings. The van der Waals surface area contributed by atoms with E-state index in [-0.39, 0.29) is 18.4 Å². The van der Waals surface area contributed by atoms with Crippen LogP contribution in [-0.4, -0.2) is 41.5 Å². The Labute approximate surface area is 174 Å². The molecular weight excluding hydrogens is 380 g/mol. The molecule has 0 radical (unpaired) electrons. The summed E-state index contributed by atoms with van der Waals surface area (Å²) >= 11 is 0. The van der Waals surface area contributed by atoms with Gasteiger partial charge in [-0.3, -0.25) is 4.79 Å². The molecule has 3 aromatic rings. The Bertz CT molecular complexity index is 1050. The lowest BCUT2D eigenvalue weighted by molar-refractivity contribution is -0.120. The summed E-state index contributed by atoms with van der Waals surface area (Å²) in [5, 5.41) is 2.86. The molecule has 2 heterocycles. The molecule has 0 unspecified atom stereocenters. The molecule has 1 saturated heterocycles. The van der Waals surface area contributed by atoms with Crippen molar-refractivity contribution in [2.45, 2.75) is 6.92 Å². The number of nitrogens with zero attached hydrogens (tertiary/aromatic N) is 3. The maximum Gasteiger partial charge on any atom is 0.340 e. The van der Waals surface area contributed by atoms with Crippen LogP contribution in [0.25, 0.3) is 11.3 Å². The van der Waals surface area contributed by atoms with Crippen LogP contribution in [0.1, 0.15) is 17.3 Å². The molecule has 1 aliphatic heterocycles. The number of hydrogen-bond acceptors (Lipinski definition) is 6. The first kappa shape index (κ1) is 19.6. The number of nitrogens with one attached hydrogen (secondary N) is 1. The lowest BCUT2D eigenvalue weighted by Gasteiger charge is -2.39. The summed E-state index contributed by atoms with van der Waals surface area (Å²) in [7, 11) is 0. The van der Waals surface area contributed by atoms with Crippen LogP contribution in [-0.2, 0) is 9.53 Å². The second-order valence-corrected chi connectivity index (χ2v) is 6.98. The van der Waals surface area contributed by atoms with Crippen molar-refractivity contribution in [1.82, 2.24) is 9.97 Å². The Morgan fingerprint density at radius 1 is 1.07 bits per heavy atom. The Balaban J connectivity index is 1.40. The van der Waals surface area contributed by atoms with Gasteiger partial charge in [0.1, 0.15) is 12.1 Å². The van der Waals surface area contributed by atoms with Gasteiger partial charge in [0.15, 0.2) is 0 Å². The molecule has 7 nitrogen and oxygen atoms in total. The molecule has 0 bridgehead atoms. The van der Waals surface area contributed by atoms with Crippen molar-refractivity contribution < 1.29 is 14.3 Å². The fourth-order valence-corrected chi connectivity index (χ4v) is 3.33. The minimum absolute atomic E-state index is 0.125. The highest BCUT2D eigenvalue weighted by atomic mass is 16.5. The number of esters is 1. The van der Waals surface area contributed by atoms with E-state index in [1.165, 1.54) is 0 Å². The van der Waals surface area contributed by atoms with Gasteiger partial charge in [0, 0.05) is 24.7 Å². The van der Waals surface area contributed by atoms with Crippen molar-refractivity contribution in [2.24, 2.45) is 5.92 Å². The zero-order valence-electron chi connectivity index (χ0n) is 16.6. The summed E-state index contributed by atoms with van der Waals surface area (Å²) < 4.78 is 5.06. The molecule has 1 N–H and O–H groups in total. The normalized spacial score (nSPS) is 13.4. The SMILES string of the molecule is CCOC(=O)c1ccccc1NC(=O)C1CN(c2cc(-c3ccccc3)ncn2)C1. The lowest BCUT2D eigenvalue weighted by Crippen LogP contribution is -2.52. The summed E-state index contributed by atoms with van der Waals surface area (Å²) in [6, 6.07) is 18.7. The van der Waals surface area contributed by atoms with Gasteiger partial charge in [0.2, 0.25) is 5.91 Å². The quantitative estimate of drug-likeness (QED) is 0.636. The Kier molecular flexibility index (Phi) is 5.70. The maximum absolute atomic E-state index is 12.7. The molecule has 1 aromatic heterocycles. The summed E-state index contributed by atoms with van der Waals surface area (Å²) in [5.41, 5.74) is 2.68. The molecule has 1 fully saturated rings. The van der Waals surface area contributed by atoms with E-state index >= 15 is 0 Å². The van der Waals surface area contributed by atoms with E-state index in [4.69, 9.17) is 4.74 Å². The van der Waals surface area contributed by atoms with Crippen LogP contribution < -0.4 is 10.2 Å². The first-order valence-corrected chi connectivity index (χ1v) is 9.85. The van der Waals surface area contributed by atoms with E-state index in [2.05, 4.69) is 15.3 Å². The summed E-state index contributed by atoms with van der Waals surface area (Å²) in [6.07, 6.45) is 1.54. The van der Waals surface area contributed by atoms with Crippen molar-refractivity contribution in [3.05, 3.63) is 72.6 Å². The third-order valence-electron chi connectivity index (χ3n) is 4.98. The monoisotopic (exact) mass is 402 g/mol. The molecule has 152 valence electrons. The first-order valence-electron chi connectivity index (χ1n) is 9.85. The molecular formula is C23H22N4O3. The number of para-hydroxylation sites is 1. The third kappa shape index (κ3) is 4.15. The van der Waals surface area contributed by atoms with E-state index in [1.54, 1.807) is 37.5 Å². The van der Waals surface area contributed by atoms with Gasteiger partial charge in [-0.15, -0.1) is 0 Å². The predicted molar refractivity (Wildman–Crippen MR) is 114 cm³/mol. The van der Waals surface area contributed by atoms with E-state index in [1.807, 2.05) is 41.3 Å². The number of aromatic nitrogens is 2. The average molecular weight is 402 g/mol. The Morgan fingerprint density at radius 3 is 2.57 bits per heavy atom. The standard InChI is InChI=1S/C23H22N4O3/c1-2-30-23(29)18-10-6-7-11-19(18)26-22(28)17-13-27(14-17)21-12-20(24-15-25-21)16-8-4-3-5-9-16/h3-12,15,17H,2,13-14H2,1H3,(H,26,28). The molecule has 1 amide bonds. The van der Waals surface area contributed by atoms with Gasteiger partial charge >= 0.3 is 5.97 Å². The number of hydrogen-bond donors (Lipinski definition) is 1. The van der Waals surface area contributed by atoms with Crippen LogP contribution in [0.2, 0.25) is 0 Å². The number of carbonyl (C=O) groups excluding carboxylic acids is 2. The summed E-state index contributed by atoms with van der Waals surface area (Å²) in [6.45, 7) is 3.14. The van der Waals surface area contributed by atoms with Crippen molar-refractivity contribution in [3.63, 3.8) is 0 Å². The highest BCUT2D eigenvalue weighted by Gasteiger charge is 2.34. The van der Waals surface area contributed by atoms with Gasteiger partial charge < -0.3 is 15.0 Å². The highest BCUT2D eigenvalue weighted by molar-refractivity contribution is 6.02. The minimum atomic E-state index is -0.446. The van der Waals surface area contributed by atoms with Crippen LogP contribution in [0.15, 0.2) is 67.0 Å². The first-order chi connectivity index (χ1) is 14.7. The van der Waals surface area contributed by atoms with Crippen molar-refractivity contribution in [1.29, 1.82) is 0 Å². The largest absolute Gasteiger partial charge is 0.462 e. The van der Waals surface area contributed by atoms with E-state index < -0.39 is 5.97 Å². The lowest BCUT2D eigenvalue weighted by atomic mass is 9.98. The summed E-state index contributed by atoms with van der Waals surface area (Å²) in [5.74, 6) is 0.0358. The number of amides is 1. The van der Waals surface area contributed by atoms with E-state index in [0.29, 0.717) is 24.3 Å². The van der Waals surface area contributed by atoms with Crippen LogP contribution in [0.3, 0.4) is 0 Å². The van der Waals surface area contributed by atoms with E-state index in [0.717, 1.165) is 17.1 Å². The molecule has 4 rings (SSSR count). The zero-order chi connectivity index (χ0) is 20.9. The van der Waals surface area contributed by atoms with Crippen LogP contribution in [0.5, 0.6) is 0 Å². The van der Waals surface area contributed by atoms with Crippen LogP contribution in [0, 0.1) is 5.92 Å². The van der Waals surface area contributed by atoms with Gasteiger partial charge in [-0.25, -0.2) is 14.8 Å². The average Bonchev–Trinajstić information content (AvgIpc) is 2.74. The molecule has 0 spiro atoms. The third-order valence-corrected chi connectivity index (χ3v) is 4.98.